The van der Waals surface area contributed by atoms with Gasteiger partial charge in [-0.2, -0.15) is 13.9 Å². The van der Waals surface area contributed by atoms with Crippen molar-refractivity contribution in [3.05, 3.63) is 71.1 Å². The quantitative estimate of drug-likeness (QED) is 0.0838. The largest absolute Gasteiger partial charge is 0.496 e. The van der Waals surface area contributed by atoms with E-state index in [9.17, 15) is 35.9 Å². The van der Waals surface area contributed by atoms with Gasteiger partial charge in [0.1, 0.15) is 35.2 Å². The molecule has 2 aromatic heterocycles. The van der Waals surface area contributed by atoms with Gasteiger partial charge in [0.25, 0.3) is 12.3 Å². The third-order valence-corrected chi connectivity index (χ3v) is 10.1. The van der Waals surface area contributed by atoms with E-state index in [0.29, 0.717) is 17.1 Å². The number of nitrogens with one attached hydrogen (secondary N) is 3. The summed E-state index contributed by atoms with van der Waals surface area (Å²) >= 11 is 0. The van der Waals surface area contributed by atoms with Crippen molar-refractivity contribution >= 4 is 44.1 Å². The lowest BCUT2D eigenvalue weighted by molar-refractivity contribution is -0.120. The number of halogens is 6. The summed E-state index contributed by atoms with van der Waals surface area (Å²) in [7, 11) is -0.935. The zero-order chi connectivity index (χ0) is 41.8. The number of aryl methyl sites for hydroxylation is 1. The van der Waals surface area contributed by atoms with E-state index in [0.717, 1.165) is 18.4 Å². The molecule has 6 rings (SSSR count). The number of carbonyl (C=O) groups excluding carboxylic acids is 1. The number of rotatable bonds is 12. The molecule has 4 atom stereocenters. The Morgan fingerprint density at radius 3 is 2.44 bits per heavy atom. The highest BCUT2D eigenvalue weighted by atomic mass is 32.2. The average molecular weight is 818 g/mol. The molecule has 0 spiro atoms. The number of hydrogen-bond acceptors (Lipinski definition) is 9. The maximum absolute atomic E-state index is 15.2. The lowest BCUT2D eigenvalue weighted by atomic mass is 9.93. The van der Waals surface area contributed by atoms with Crippen molar-refractivity contribution in [2.45, 2.75) is 50.7 Å². The van der Waals surface area contributed by atoms with Gasteiger partial charge in [0.15, 0.2) is 5.82 Å². The molecule has 2 fully saturated rings. The Balaban J connectivity index is 1.51. The van der Waals surface area contributed by atoms with Crippen LogP contribution in [0.3, 0.4) is 0 Å². The topological polar surface area (TPSA) is 172 Å². The molecule has 12 nitrogen and oxygen atoms in total. The molecule has 0 radical (unpaired) electrons. The molecule has 0 aliphatic heterocycles. The first-order valence-corrected chi connectivity index (χ1v) is 19.3. The zero-order valence-corrected chi connectivity index (χ0v) is 31.9. The van der Waals surface area contributed by atoms with Gasteiger partial charge < -0.3 is 20.6 Å². The number of alkyl halides is 4. The molecule has 4 N–H and O–H groups in total. The first kappa shape index (κ1) is 41.2. The molecule has 19 heteroatoms. The van der Waals surface area contributed by atoms with Crippen molar-refractivity contribution in [2.75, 3.05) is 24.6 Å². The van der Waals surface area contributed by atoms with Crippen molar-refractivity contribution in [1.82, 2.24) is 20.1 Å². The molecular weight excluding hydrogens is 781 g/mol. The van der Waals surface area contributed by atoms with Crippen molar-refractivity contribution < 1.29 is 49.4 Å². The summed E-state index contributed by atoms with van der Waals surface area (Å²) in [6.45, 7) is 1.89. The molecule has 2 aliphatic carbocycles. The fourth-order valence-corrected chi connectivity index (χ4v) is 7.67. The maximum atomic E-state index is 15.2. The van der Waals surface area contributed by atoms with Crippen molar-refractivity contribution in [1.29, 1.82) is 5.41 Å². The van der Waals surface area contributed by atoms with Crippen LogP contribution in [0.25, 0.3) is 22.0 Å². The number of aliphatic imine (C=N–C) groups is 1. The van der Waals surface area contributed by atoms with Gasteiger partial charge in [0, 0.05) is 36.1 Å². The van der Waals surface area contributed by atoms with Gasteiger partial charge in [0.2, 0.25) is 15.9 Å². The van der Waals surface area contributed by atoms with E-state index < -0.39 is 87.3 Å². The molecule has 4 aromatic rings. The van der Waals surface area contributed by atoms with Gasteiger partial charge in [-0.3, -0.25) is 19.2 Å². The standard InChI is InChI=1S/C38H37F6N7O5S/c1-37(2,53)11-10-21-6-7-22(23-8-9-27(56-4)30-33(23)51(3)49-36(30)50-57(5,54)55)32(47-21)26(14-18-12-19(39)15-20(40)13-18)48-28(52)17-46-34-29(31(45)35(41)42)24-16-25(24)38(34,43)44/h6-9,12-13,15,24-26,29,35,45,53H,14,16-17H2,1-5H3,(H,48,52)(H,49,50). The number of aliphatic hydroxyl groups is 1. The number of anilines is 1. The van der Waals surface area contributed by atoms with Gasteiger partial charge in [-0.15, -0.1) is 0 Å². The SMILES string of the molecule is COc1ccc(-c2ccc(C#CC(C)(C)O)nc2C(Cc2cc(F)cc(F)c2)NC(=O)CN=C2C(C(=N)C(F)F)C3CC3C2(F)F)c2c1c(NS(C)(=O)=O)nn2C. The second kappa shape index (κ2) is 15.1. The summed E-state index contributed by atoms with van der Waals surface area (Å²) in [5, 5.41) is 25.4. The zero-order valence-electron chi connectivity index (χ0n) is 31.1. The number of carbonyl (C=O) groups is 1. The van der Waals surface area contributed by atoms with Crippen LogP contribution in [0.1, 0.15) is 43.3 Å². The summed E-state index contributed by atoms with van der Waals surface area (Å²) in [5.41, 5.74) is -2.56. The Labute approximate surface area is 323 Å². The third kappa shape index (κ3) is 8.76. The van der Waals surface area contributed by atoms with Crippen LogP contribution in [0.5, 0.6) is 5.75 Å². The lowest BCUT2D eigenvalue weighted by Crippen LogP contribution is -2.38. The number of fused-ring (bicyclic) bond motifs is 2. The van der Waals surface area contributed by atoms with Crippen molar-refractivity contribution in [2.24, 2.45) is 29.8 Å². The minimum Gasteiger partial charge on any atom is -0.496 e. The van der Waals surface area contributed by atoms with E-state index in [1.165, 1.54) is 44.8 Å². The van der Waals surface area contributed by atoms with Gasteiger partial charge in [-0.1, -0.05) is 5.92 Å². The van der Waals surface area contributed by atoms with Crippen LogP contribution in [0.2, 0.25) is 0 Å². The Bertz CT molecular complexity index is 2470. The van der Waals surface area contributed by atoms with Crippen molar-refractivity contribution in [3.8, 4) is 28.7 Å². The second-order valence-corrected chi connectivity index (χ2v) is 16.2. The van der Waals surface area contributed by atoms with Crippen molar-refractivity contribution in [3.63, 3.8) is 0 Å². The fraction of sp³-hybridized carbons (Fsp3) is 0.395. The molecule has 2 aromatic carbocycles. The van der Waals surface area contributed by atoms with Crippen LogP contribution in [0.15, 0.2) is 47.5 Å². The van der Waals surface area contributed by atoms with Crippen LogP contribution in [-0.4, -0.2) is 83.5 Å². The fourth-order valence-electron chi connectivity index (χ4n) is 7.17. The smallest absolute Gasteiger partial charge is 0.289 e. The first-order valence-electron chi connectivity index (χ1n) is 17.4. The van der Waals surface area contributed by atoms with Gasteiger partial charge in [-0.25, -0.2) is 31.0 Å². The molecule has 57 heavy (non-hydrogen) atoms. The predicted molar refractivity (Wildman–Crippen MR) is 199 cm³/mol. The van der Waals surface area contributed by atoms with E-state index >= 15 is 8.78 Å². The highest BCUT2D eigenvalue weighted by molar-refractivity contribution is 7.92. The third-order valence-electron chi connectivity index (χ3n) is 9.52. The second-order valence-electron chi connectivity index (χ2n) is 14.5. The number of benzene rings is 2. The van der Waals surface area contributed by atoms with Crippen LogP contribution in [-0.2, 0) is 28.3 Å². The van der Waals surface area contributed by atoms with Crippen LogP contribution in [0.4, 0.5) is 32.2 Å². The van der Waals surface area contributed by atoms with Crippen LogP contribution >= 0.6 is 0 Å². The van der Waals surface area contributed by atoms with Gasteiger partial charge in [0.05, 0.1) is 47.4 Å². The number of hydrogen-bond donors (Lipinski definition) is 4. The summed E-state index contributed by atoms with van der Waals surface area (Å²) in [4.78, 5) is 22.2. The number of pyridine rings is 1. The first-order chi connectivity index (χ1) is 26.6. The summed E-state index contributed by atoms with van der Waals surface area (Å²) in [6, 6.07) is 7.55. The number of nitrogens with zero attached hydrogens (tertiary/aromatic N) is 4. The van der Waals surface area contributed by atoms with Gasteiger partial charge >= 0.3 is 0 Å². The molecule has 302 valence electrons. The van der Waals surface area contributed by atoms with E-state index in [2.05, 4.69) is 32.0 Å². The summed E-state index contributed by atoms with van der Waals surface area (Å²) in [6.07, 6.45) is -2.78. The highest BCUT2D eigenvalue weighted by Gasteiger charge is 2.70. The van der Waals surface area contributed by atoms with Gasteiger partial charge in [-0.05, 0) is 80.5 Å². The molecule has 0 saturated heterocycles. The van der Waals surface area contributed by atoms with Crippen LogP contribution < -0.4 is 14.8 Å². The van der Waals surface area contributed by atoms with E-state index in [1.807, 2.05) is 0 Å². The van der Waals surface area contributed by atoms with E-state index in [1.54, 1.807) is 12.1 Å². The molecule has 4 unspecified atom stereocenters. The molecule has 2 saturated carbocycles. The summed E-state index contributed by atoms with van der Waals surface area (Å²) < 4.78 is 120. The number of ether oxygens (including phenoxy) is 1. The summed E-state index contributed by atoms with van der Waals surface area (Å²) in [5.74, 6) is -4.77. The molecule has 2 heterocycles. The minimum atomic E-state index is -3.84. The normalized spacial score (nSPS) is 19.9. The number of amides is 1. The average Bonchev–Trinajstić information content (AvgIpc) is 3.79. The Morgan fingerprint density at radius 2 is 1.82 bits per heavy atom. The van der Waals surface area contributed by atoms with Crippen LogP contribution in [0, 0.1) is 46.6 Å². The molecule has 0 bridgehead atoms. The number of methoxy groups -OCH3 is 1. The highest BCUT2D eigenvalue weighted by Crippen LogP contribution is 2.62. The monoisotopic (exact) mass is 817 g/mol. The van der Waals surface area contributed by atoms with E-state index in [4.69, 9.17) is 15.1 Å². The minimum absolute atomic E-state index is 0.0262. The Kier molecular flexibility index (Phi) is 10.9. The molecule has 1 amide bonds. The lowest BCUT2D eigenvalue weighted by Gasteiger charge is -2.23. The number of sulfonamides is 1. The maximum Gasteiger partial charge on any atom is 0.289 e. The number of aromatic nitrogens is 3. The molecule has 2 aliphatic rings. The Hall–Kier alpha value is -5.48. The van der Waals surface area contributed by atoms with E-state index in [-0.39, 0.29) is 52.3 Å². The molecular formula is C38H37F6N7O5S. The predicted octanol–water partition coefficient (Wildman–Crippen LogP) is 5.44. The Morgan fingerprint density at radius 1 is 1.16 bits per heavy atom.